The molecule has 63 heavy (non-hydrogen) atoms. The number of nitrogens with one attached hydrogen (secondary N) is 2. The number of hydrogen-bond donors (Lipinski definition) is 9. The van der Waals surface area contributed by atoms with Crippen LogP contribution >= 0.6 is 0 Å². The maximum Gasteiger partial charge on any atom is 3.00 e. The predicted octanol–water partition coefficient (Wildman–Crippen LogP) is 6.57. The van der Waals surface area contributed by atoms with E-state index in [-0.39, 0.29) is 106 Å². The monoisotopic (exact) mass is 982 g/mol. The molecule has 9 N–H and O–H groups in total. The number of carbonyl (C=O) groups is 2. The minimum absolute atomic E-state index is 0. The first-order chi connectivity index (χ1) is 29.7. The van der Waals surface area contributed by atoms with Crippen molar-refractivity contribution in [3.05, 3.63) is 177 Å². The summed E-state index contributed by atoms with van der Waals surface area (Å²) in [5, 5.41) is 81.4. The molecular weight excluding hydrogens is 945 g/mol. The molecule has 0 radical (unpaired) electrons. The molecule has 6 aromatic carbocycles. The van der Waals surface area contributed by atoms with E-state index in [2.05, 4.69) is 21.1 Å². The van der Waals surface area contributed by atoms with Gasteiger partial charge < -0.3 is 45.3 Å². The summed E-state index contributed by atoms with van der Waals surface area (Å²) in [5.41, 5.74) is 8.92. The summed E-state index contributed by atoms with van der Waals surface area (Å²) < 4.78 is 11.9. The normalized spacial score (nSPS) is 15.7. The van der Waals surface area contributed by atoms with Gasteiger partial charge in [-0.2, -0.15) is 10.2 Å². The Morgan fingerprint density at radius 2 is 0.889 bits per heavy atom. The number of hydrazone groups is 2. The second-order valence-electron chi connectivity index (χ2n) is 13.4. The van der Waals surface area contributed by atoms with Gasteiger partial charge in [0.15, 0.2) is 0 Å². The summed E-state index contributed by atoms with van der Waals surface area (Å²) in [6, 6.07) is 35.5. The Balaban J connectivity index is 0.000000216. The molecule has 6 aromatic rings. The SMILES string of the molecule is O=C(N/N=C1\CC(c2ccc(O)cc2)Oc2cc(O)cc(O)c21)c1ccccc1.O=C(N/N=C1\CC(c2ccc(O)cc2)Oc2cc(O)cc(O)c21)c1ccccc1.O=[N+]([O-])O.[La+3]. The third kappa shape index (κ3) is 12.3. The number of carbonyl (C=O) groups excluding carboxylic acids is 2. The summed E-state index contributed by atoms with van der Waals surface area (Å²) in [6.07, 6.45) is -0.413. The third-order valence-electron chi connectivity index (χ3n) is 9.19. The standard InChI is InChI=1S/2C22H18N2O5.La.HNO3/c2*25-15-8-6-13(7-9-15)19-12-17(21-18(27)10-16(26)11-20(21)29-19)23-24-22(28)14-4-2-1-3-5-14;;2-1(3)4/h2*1-11,19,25-27H,12H2,(H,24,28);;(H,2,3,4)/q;;+3;/b2*23-17+;;. The average Bonchev–Trinajstić information content (AvgIpc) is 3.25. The van der Waals surface area contributed by atoms with E-state index in [4.69, 9.17) is 24.8 Å². The van der Waals surface area contributed by atoms with Crippen molar-refractivity contribution in [1.29, 1.82) is 0 Å². The van der Waals surface area contributed by atoms with Crippen molar-refractivity contribution in [3.63, 3.8) is 0 Å². The fourth-order valence-electron chi connectivity index (χ4n) is 6.38. The molecule has 0 bridgehead atoms. The molecule has 2 atom stereocenters. The second-order valence-corrected chi connectivity index (χ2v) is 13.4. The molecule has 8 rings (SSSR count). The molecule has 0 aliphatic carbocycles. The minimum atomic E-state index is -1.50. The van der Waals surface area contributed by atoms with Crippen molar-refractivity contribution in [2.24, 2.45) is 10.2 Å². The Morgan fingerprint density at radius 1 is 0.556 bits per heavy atom. The van der Waals surface area contributed by atoms with Crippen LogP contribution in [0.2, 0.25) is 0 Å². The van der Waals surface area contributed by atoms with Gasteiger partial charge in [0.05, 0.1) is 22.6 Å². The summed E-state index contributed by atoms with van der Waals surface area (Å²) >= 11 is 0. The van der Waals surface area contributed by atoms with Crippen LogP contribution in [0.25, 0.3) is 0 Å². The summed E-state index contributed by atoms with van der Waals surface area (Å²) in [4.78, 5) is 33.1. The second kappa shape index (κ2) is 21.3. The minimum Gasteiger partial charge on any atom is -0.508 e. The first kappa shape index (κ1) is 46.5. The van der Waals surface area contributed by atoms with E-state index in [0.29, 0.717) is 33.7 Å². The van der Waals surface area contributed by atoms with Crippen molar-refractivity contribution in [1.82, 2.24) is 10.9 Å². The smallest absolute Gasteiger partial charge is 0.508 e. The van der Waals surface area contributed by atoms with Crippen LogP contribution in [0.3, 0.4) is 0 Å². The number of aromatic hydroxyl groups is 6. The van der Waals surface area contributed by atoms with Gasteiger partial charge in [0.2, 0.25) is 0 Å². The zero-order valence-electron chi connectivity index (χ0n) is 32.8. The van der Waals surface area contributed by atoms with Crippen LogP contribution in [0.5, 0.6) is 46.0 Å². The molecule has 2 amide bonds. The van der Waals surface area contributed by atoms with E-state index in [1.165, 1.54) is 24.3 Å². The number of nitrogens with zero attached hydrogens (tertiary/aromatic N) is 3. The molecule has 0 aromatic heterocycles. The van der Waals surface area contributed by atoms with Crippen molar-refractivity contribution < 1.29 is 95.6 Å². The van der Waals surface area contributed by atoms with E-state index in [9.17, 15) is 40.2 Å². The molecule has 0 spiro atoms. The van der Waals surface area contributed by atoms with Gasteiger partial charge in [-0.1, -0.05) is 60.7 Å². The van der Waals surface area contributed by atoms with Gasteiger partial charge in [-0.05, 0) is 59.7 Å². The Bertz CT molecular complexity index is 2450. The number of benzene rings is 6. The summed E-state index contributed by atoms with van der Waals surface area (Å²) in [5.74, 6) is -0.710. The zero-order valence-corrected chi connectivity index (χ0v) is 36.4. The molecular formula is C44H37LaN5O13+3. The van der Waals surface area contributed by atoms with Crippen LogP contribution in [0, 0.1) is 45.7 Å². The van der Waals surface area contributed by atoms with E-state index in [1.807, 2.05) is 12.1 Å². The number of rotatable bonds is 6. The van der Waals surface area contributed by atoms with Gasteiger partial charge in [0, 0.05) is 48.2 Å². The zero-order chi connectivity index (χ0) is 44.3. The summed E-state index contributed by atoms with van der Waals surface area (Å²) in [7, 11) is 0. The van der Waals surface area contributed by atoms with E-state index >= 15 is 0 Å². The maximum atomic E-state index is 12.3. The molecule has 2 heterocycles. The number of ether oxygens (including phenoxy) is 2. The van der Waals surface area contributed by atoms with E-state index in [0.717, 1.165) is 11.1 Å². The molecule has 2 unspecified atom stereocenters. The van der Waals surface area contributed by atoms with Gasteiger partial charge >= 0.3 is 35.6 Å². The van der Waals surface area contributed by atoms with Gasteiger partial charge in [-0.3, -0.25) is 9.59 Å². The average molecular weight is 983 g/mol. The Kier molecular flexibility index (Phi) is 15.7. The topological polar surface area (TPSA) is 286 Å². The maximum absolute atomic E-state index is 12.3. The quantitative estimate of drug-likeness (QED) is 0.0631. The fraction of sp³-hybridized carbons (Fsp3) is 0.0909. The molecule has 0 fully saturated rings. The first-order valence-corrected chi connectivity index (χ1v) is 18.5. The van der Waals surface area contributed by atoms with Gasteiger partial charge in [-0.25, -0.2) is 10.9 Å². The molecule has 2 aliphatic rings. The molecule has 18 nitrogen and oxygen atoms in total. The molecule has 0 saturated heterocycles. The summed E-state index contributed by atoms with van der Waals surface area (Å²) in [6.45, 7) is 0. The van der Waals surface area contributed by atoms with Crippen LogP contribution in [-0.2, 0) is 0 Å². The van der Waals surface area contributed by atoms with E-state index in [1.54, 1.807) is 97.1 Å². The number of phenolic OH excluding ortho intramolecular Hbond substituents is 6. The Labute approximate surface area is 385 Å². The Hall–Kier alpha value is -7.61. The van der Waals surface area contributed by atoms with Crippen LogP contribution in [0.15, 0.2) is 144 Å². The van der Waals surface area contributed by atoms with Crippen LogP contribution in [0.4, 0.5) is 0 Å². The predicted molar refractivity (Wildman–Crippen MR) is 221 cm³/mol. The van der Waals surface area contributed by atoms with Crippen molar-refractivity contribution >= 4 is 23.2 Å². The largest absolute Gasteiger partial charge is 3.00 e. The van der Waals surface area contributed by atoms with Crippen molar-refractivity contribution in [2.75, 3.05) is 0 Å². The first-order valence-electron chi connectivity index (χ1n) is 18.5. The van der Waals surface area contributed by atoms with Crippen LogP contribution in [0.1, 0.15) is 68.0 Å². The third-order valence-corrected chi connectivity index (χ3v) is 9.19. The van der Waals surface area contributed by atoms with Crippen LogP contribution in [-0.4, -0.2) is 64.2 Å². The van der Waals surface area contributed by atoms with Gasteiger partial charge in [0.25, 0.3) is 16.9 Å². The van der Waals surface area contributed by atoms with Crippen molar-refractivity contribution in [3.8, 4) is 46.0 Å². The molecule has 2 aliphatic heterocycles. The van der Waals surface area contributed by atoms with Crippen molar-refractivity contribution in [2.45, 2.75) is 25.0 Å². The van der Waals surface area contributed by atoms with Crippen LogP contribution < -0.4 is 20.3 Å². The Morgan fingerprint density at radius 3 is 1.22 bits per heavy atom. The molecule has 0 saturated carbocycles. The van der Waals surface area contributed by atoms with E-state index < -0.39 is 17.3 Å². The number of phenols is 6. The van der Waals surface area contributed by atoms with Gasteiger partial charge in [0.1, 0.15) is 58.2 Å². The molecule has 316 valence electrons. The fourth-order valence-corrected chi connectivity index (χ4v) is 6.38. The number of fused-ring (bicyclic) bond motifs is 2. The number of hydrogen-bond acceptors (Lipinski definition) is 14. The molecule has 19 heteroatoms. The van der Waals surface area contributed by atoms with Gasteiger partial charge in [-0.15, -0.1) is 10.1 Å². The number of amides is 2.